The lowest BCUT2D eigenvalue weighted by Crippen LogP contribution is -2.34. The molecule has 2 aromatic heterocycles. The van der Waals surface area contributed by atoms with Crippen molar-refractivity contribution < 1.29 is 4.79 Å². The van der Waals surface area contributed by atoms with Gasteiger partial charge >= 0.3 is 6.03 Å². The molecule has 1 fully saturated rings. The van der Waals surface area contributed by atoms with E-state index in [0.717, 1.165) is 44.0 Å². The molecule has 2 aromatic rings. The first-order valence-electron chi connectivity index (χ1n) is 8.15. The standard InChI is InChI=1S/C17H23N5OS/c1-13-16(24-12-19-13)11-21(2)9-14-5-8-22(10-14)17(23)20-15-3-6-18-7-4-15/h3-4,6-7,12,14H,5,8-11H2,1-2H3,(H,18,20,23)/t14-/m0/s1. The quantitative estimate of drug-likeness (QED) is 0.905. The summed E-state index contributed by atoms with van der Waals surface area (Å²) in [6.07, 6.45) is 4.41. The Balaban J connectivity index is 1.46. The van der Waals surface area contributed by atoms with E-state index in [1.807, 2.05) is 10.4 Å². The number of carbonyl (C=O) groups is 1. The van der Waals surface area contributed by atoms with Crippen molar-refractivity contribution in [3.05, 3.63) is 40.6 Å². The van der Waals surface area contributed by atoms with Crippen LogP contribution in [0.15, 0.2) is 30.0 Å². The molecular formula is C17H23N5OS. The molecule has 7 heteroatoms. The van der Waals surface area contributed by atoms with Crippen LogP contribution in [0, 0.1) is 12.8 Å². The van der Waals surface area contributed by atoms with Crippen molar-refractivity contribution in [1.29, 1.82) is 0 Å². The molecule has 0 unspecified atom stereocenters. The number of likely N-dealkylation sites (tertiary alicyclic amines) is 1. The first-order chi connectivity index (χ1) is 11.6. The molecule has 0 aliphatic carbocycles. The number of hydrogen-bond donors (Lipinski definition) is 1. The van der Waals surface area contributed by atoms with Crippen LogP contribution in [0.4, 0.5) is 10.5 Å². The molecule has 0 saturated carbocycles. The lowest BCUT2D eigenvalue weighted by atomic mass is 10.1. The average molecular weight is 345 g/mol. The highest BCUT2D eigenvalue weighted by atomic mass is 32.1. The van der Waals surface area contributed by atoms with E-state index in [1.54, 1.807) is 35.9 Å². The minimum atomic E-state index is -0.0235. The van der Waals surface area contributed by atoms with Crippen LogP contribution in [0.2, 0.25) is 0 Å². The maximum absolute atomic E-state index is 12.3. The van der Waals surface area contributed by atoms with Crippen molar-refractivity contribution >= 4 is 23.1 Å². The fourth-order valence-electron chi connectivity index (χ4n) is 3.03. The number of aromatic nitrogens is 2. The van der Waals surface area contributed by atoms with Crippen LogP contribution in [0.25, 0.3) is 0 Å². The monoisotopic (exact) mass is 345 g/mol. The smallest absolute Gasteiger partial charge is 0.321 e. The third-order valence-corrected chi connectivity index (χ3v) is 5.25. The van der Waals surface area contributed by atoms with Crippen LogP contribution >= 0.6 is 11.3 Å². The van der Waals surface area contributed by atoms with Crippen LogP contribution < -0.4 is 5.32 Å². The third-order valence-electron chi connectivity index (χ3n) is 4.33. The largest absolute Gasteiger partial charge is 0.324 e. The van der Waals surface area contributed by atoms with Gasteiger partial charge in [-0.1, -0.05) is 0 Å². The predicted molar refractivity (Wildman–Crippen MR) is 96.1 cm³/mol. The Morgan fingerprint density at radius 2 is 2.25 bits per heavy atom. The summed E-state index contributed by atoms with van der Waals surface area (Å²) in [6.45, 7) is 5.60. The van der Waals surface area contributed by atoms with Gasteiger partial charge in [-0.25, -0.2) is 9.78 Å². The van der Waals surface area contributed by atoms with Crippen LogP contribution in [0.3, 0.4) is 0 Å². The maximum Gasteiger partial charge on any atom is 0.321 e. The van der Waals surface area contributed by atoms with Crippen molar-refractivity contribution in [3.8, 4) is 0 Å². The van der Waals surface area contributed by atoms with E-state index in [0.29, 0.717) is 5.92 Å². The number of carbonyl (C=O) groups excluding carboxylic acids is 1. The van der Waals surface area contributed by atoms with Gasteiger partial charge in [0.2, 0.25) is 0 Å². The maximum atomic E-state index is 12.3. The van der Waals surface area contributed by atoms with Crippen LogP contribution in [-0.4, -0.2) is 52.5 Å². The number of nitrogens with one attached hydrogen (secondary N) is 1. The summed E-state index contributed by atoms with van der Waals surface area (Å²) in [7, 11) is 2.14. The summed E-state index contributed by atoms with van der Waals surface area (Å²) < 4.78 is 0. The number of nitrogens with zero attached hydrogens (tertiary/aromatic N) is 4. The Labute approximate surface area is 146 Å². The highest BCUT2D eigenvalue weighted by Crippen LogP contribution is 2.20. The topological polar surface area (TPSA) is 61.4 Å². The van der Waals surface area contributed by atoms with E-state index < -0.39 is 0 Å². The van der Waals surface area contributed by atoms with Crippen LogP contribution in [0.5, 0.6) is 0 Å². The summed E-state index contributed by atoms with van der Waals surface area (Å²) in [5.74, 6) is 0.520. The highest BCUT2D eigenvalue weighted by molar-refractivity contribution is 7.09. The molecule has 0 radical (unpaired) electrons. The lowest BCUT2D eigenvalue weighted by molar-refractivity contribution is 0.217. The van der Waals surface area contributed by atoms with Gasteiger partial charge in [-0.3, -0.25) is 4.98 Å². The Morgan fingerprint density at radius 3 is 2.96 bits per heavy atom. The third kappa shape index (κ3) is 4.30. The SMILES string of the molecule is Cc1ncsc1CN(C)C[C@@H]1CCN(C(=O)Nc2ccncc2)C1. The zero-order valence-corrected chi connectivity index (χ0v) is 14.9. The molecule has 24 heavy (non-hydrogen) atoms. The Kier molecular flexibility index (Phi) is 5.42. The molecule has 1 saturated heterocycles. The summed E-state index contributed by atoms with van der Waals surface area (Å²) >= 11 is 1.71. The Morgan fingerprint density at radius 1 is 1.46 bits per heavy atom. The summed E-state index contributed by atoms with van der Waals surface area (Å²) in [5.41, 5.74) is 3.81. The molecule has 0 spiro atoms. The van der Waals surface area contributed by atoms with Crippen molar-refractivity contribution in [2.24, 2.45) is 5.92 Å². The minimum absolute atomic E-state index is 0.0235. The van der Waals surface area contributed by atoms with E-state index in [1.165, 1.54) is 4.88 Å². The number of thiazole rings is 1. The van der Waals surface area contributed by atoms with Crippen LogP contribution in [-0.2, 0) is 6.54 Å². The van der Waals surface area contributed by atoms with Crippen molar-refractivity contribution in [1.82, 2.24) is 19.8 Å². The second-order valence-corrected chi connectivity index (χ2v) is 7.26. The number of amides is 2. The number of anilines is 1. The van der Waals surface area contributed by atoms with Gasteiger partial charge in [0.05, 0.1) is 11.2 Å². The van der Waals surface area contributed by atoms with E-state index in [-0.39, 0.29) is 6.03 Å². The van der Waals surface area contributed by atoms with E-state index >= 15 is 0 Å². The fourth-order valence-corrected chi connectivity index (χ4v) is 3.89. The predicted octanol–water partition coefficient (Wildman–Crippen LogP) is 2.83. The highest BCUT2D eigenvalue weighted by Gasteiger charge is 2.27. The molecule has 1 N–H and O–H groups in total. The molecule has 1 aliphatic rings. The second kappa shape index (κ2) is 7.72. The summed E-state index contributed by atoms with van der Waals surface area (Å²) in [5, 5.41) is 2.93. The molecule has 1 atom stereocenters. The Bertz CT molecular complexity index is 675. The van der Waals surface area contributed by atoms with Gasteiger partial charge in [-0.05, 0) is 38.4 Å². The van der Waals surface area contributed by atoms with Gasteiger partial charge in [-0.2, -0.15) is 0 Å². The molecular weight excluding hydrogens is 322 g/mol. The fraction of sp³-hybridized carbons (Fsp3) is 0.471. The molecule has 1 aliphatic heterocycles. The van der Waals surface area contributed by atoms with Gasteiger partial charge in [0.15, 0.2) is 0 Å². The zero-order valence-electron chi connectivity index (χ0n) is 14.1. The molecule has 3 heterocycles. The van der Waals surface area contributed by atoms with Gasteiger partial charge in [0.1, 0.15) is 0 Å². The minimum Gasteiger partial charge on any atom is -0.324 e. The zero-order chi connectivity index (χ0) is 16.9. The molecule has 128 valence electrons. The summed E-state index contributed by atoms with van der Waals surface area (Å²) in [6, 6.07) is 3.58. The average Bonchev–Trinajstić information content (AvgIpc) is 3.18. The first kappa shape index (κ1) is 16.9. The first-order valence-corrected chi connectivity index (χ1v) is 9.03. The molecule has 0 aromatic carbocycles. The Hall–Kier alpha value is -1.99. The second-order valence-electron chi connectivity index (χ2n) is 6.32. The number of pyridine rings is 1. The molecule has 3 rings (SSSR count). The molecule has 2 amide bonds. The lowest BCUT2D eigenvalue weighted by Gasteiger charge is -2.21. The van der Waals surface area contributed by atoms with Gasteiger partial charge in [0, 0.05) is 49.1 Å². The van der Waals surface area contributed by atoms with E-state index in [9.17, 15) is 4.79 Å². The van der Waals surface area contributed by atoms with E-state index in [2.05, 4.69) is 34.2 Å². The molecule has 0 bridgehead atoms. The van der Waals surface area contributed by atoms with Crippen molar-refractivity contribution in [3.63, 3.8) is 0 Å². The van der Waals surface area contributed by atoms with Gasteiger partial charge < -0.3 is 15.1 Å². The number of hydrogen-bond acceptors (Lipinski definition) is 5. The van der Waals surface area contributed by atoms with Gasteiger partial charge in [0.25, 0.3) is 0 Å². The molecule has 6 nitrogen and oxygen atoms in total. The number of rotatable bonds is 5. The number of urea groups is 1. The number of aryl methyl sites for hydroxylation is 1. The summed E-state index contributed by atoms with van der Waals surface area (Å²) in [4.78, 5) is 26.1. The van der Waals surface area contributed by atoms with Crippen LogP contribution in [0.1, 0.15) is 17.0 Å². The van der Waals surface area contributed by atoms with Gasteiger partial charge in [-0.15, -0.1) is 11.3 Å². The normalized spacial score (nSPS) is 17.5. The van der Waals surface area contributed by atoms with Crippen molar-refractivity contribution in [2.45, 2.75) is 19.9 Å². The van der Waals surface area contributed by atoms with Crippen molar-refractivity contribution in [2.75, 3.05) is 32.0 Å². The van der Waals surface area contributed by atoms with E-state index in [4.69, 9.17) is 0 Å².